The molecule has 0 spiro atoms. The smallest absolute Gasteiger partial charge is 0.197 e. The van der Waals surface area contributed by atoms with Crippen molar-refractivity contribution in [3.8, 4) is 11.3 Å². The van der Waals surface area contributed by atoms with Gasteiger partial charge in [-0.3, -0.25) is 0 Å². The number of aromatic nitrogens is 3. The van der Waals surface area contributed by atoms with E-state index < -0.39 is 6.29 Å². The Morgan fingerprint density at radius 3 is 2.41 bits per heavy atom. The number of fused-ring (bicyclic) bond motifs is 1. The number of imidazole rings is 1. The van der Waals surface area contributed by atoms with Crippen LogP contribution in [0.1, 0.15) is 37.3 Å². The van der Waals surface area contributed by atoms with Crippen molar-refractivity contribution in [2.75, 3.05) is 0 Å². The fourth-order valence-corrected chi connectivity index (χ4v) is 2.33. The summed E-state index contributed by atoms with van der Waals surface area (Å²) in [5.41, 5.74) is 3.12. The molecular formula is C16H16FN3O2. The van der Waals surface area contributed by atoms with Crippen molar-refractivity contribution in [1.82, 2.24) is 14.6 Å². The van der Waals surface area contributed by atoms with Gasteiger partial charge in [0.15, 0.2) is 11.9 Å². The van der Waals surface area contributed by atoms with Crippen molar-refractivity contribution in [1.29, 1.82) is 0 Å². The van der Waals surface area contributed by atoms with E-state index in [9.17, 15) is 14.6 Å². The molecular weight excluding hydrogens is 285 g/mol. The van der Waals surface area contributed by atoms with Crippen molar-refractivity contribution < 1.29 is 14.6 Å². The van der Waals surface area contributed by atoms with Crippen LogP contribution in [0.25, 0.3) is 16.9 Å². The van der Waals surface area contributed by atoms with Crippen LogP contribution in [0.2, 0.25) is 0 Å². The first kappa shape index (κ1) is 14.6. The van der Waals surface area contributed by atoms with Crippen LogP contribution in [0.4, 0.5) is 4.39 Å². The topological polar surface area (TPSA) is 70.7 Å². The molecule has 2 heterocycles. The van der Waals surface area contributed by atoms with Crippen molar-refractivity contribution >= 4 is 5.65 Å². The predicted molar refractivity (Wildman–Crippen MR) is 79.6 cm³/mol. The van der Waals surface area contributed by atoms with Gasteiger partial charge in [-0.2, -0.15) is 5.10 Å². The predicted octanol–water partition coefficient (Wildman–Crippen LogP) is 2.64. The molecule has 0 bridgehead atoms. The maximum atomic E-state index is 13.1. The first-order valence-corrected chi connectivity index (χ1v) is 6.98. The monoisotopic (exact) mass is 301 g/mol. The molecule has 0 aliphatic heterocycles. The number of benzene rings is 1. The lowest BCUT2D eigenvalue weighted by Gasteiger charge is -2.10. The second-order valence-electron chi connectivity index (χ2n) is 5.45. The zero-order chi connectivity index (χ0) is 15.9. The maximum Gasteiger partial charge on any atom is 0.197 e. The molecule has 0 atom stereocenters. The molecule has 0 saturated carbocycles. The van der Waals surface area contributed by atoms with Gasteiger partial charge >= 0.3 is 0 Å². The molecule has 2 aromatic heterocycles. The minimum atomic E-state index is -1.64. The number of nitrogens with zero attached hydrogens (tertiary/aromatic N) is 3. The van der Waals surface area contributed by atoms with E-state index in [1.807, 2.05) is 19.9 Å². The molecule has 0 aliphatic carbocycles. The summed E-state index contributed by atoms with van der Waals surface area (Å²) in [5, 5.41) is 23.0. The van der Waals surface area contributed by atoms with E-state index in [-0.39, 0.29) is 17.4 Å². The van der Waals surface area contributed by atoms with Gasteiger partial charge in [0, 0.05) is 11.1 Å². The van der Waals surface area contributed by atoms with Crippen LogP contribution < -0.4 is 0 Å². The molecule has 0 amide bonds. The van der Waals surface area contributed by atoms with Crippen LogP contribution in [-0.4, -0.2) is 24.8 Å². The summed E-state index contributed by atoms with van der Waals surface area (Å²) in [6.45, 7) is 4.04. The number of rotatable bonds is 3. The van der Waals surface area contributed by atoms with Crippen molar-refractivity contribution in [3.63, 3.8) is 0 Å². The zero-order valence-corrected chi connectivity index (χ0v) is 12.2. The molecule has 3 aromatic rings. The third-order valence-electron chi connectivity index (χ3n) is 3.50. The van der Waals surface area contributed by atoms with Crippen LogP contribution >= 0.6 is 0 Å². The van der Waals surface area contributed by atoms with Gasteiger partial charge in [-0.1, -0.05) is 13.8 Å². The van der Waals surface area contributed by atoms with E-state index in [2.05, 4.69) is 10.1 Å². The van der Waals surface area contributed by atoms with Crippen LogP contribution in [-0.2, 0) is 0 Å². The largest absolute Gasteiger partial charge is 0.363 e. The Kier molecular flexibility index (Phi) is 3.64. The van der Waals surface area contributed by atoms with E-state index >= 15 is 0 Å². The van der Waals surface area contributed by atoms with E-state index in [1.165, 1.54) is 22.8 Å². The van der Waals surface area contributed by atoms with Gasteiger partial charge in [-0.25, -0.2) is 13.9 Å². The Hall–Kier alpha value is -2.31. The SMILES string of the molecule is CC(C)c1cc(-c2ccc(F)cc2)nn2cc(C(O)O)nc12. The van der Waals surface area contributed by atoms with E-state index in [0.29, 0.717) is 11.3 Å². The van der Waals surface area contributed by atoms with Crippen LogP contribution in [0.15, 0.2) is 36.5 Å². The first-order valence-electron chi connectivity index (χ1n) is 6.98. The summed E-state index contributed by atoms with van der Waals surface area (Å²) in [7, 11) is 0. The average Bonchev–Trinajstić information content (AvgIpc) is 2.91. The Bertz CT molecular complexity index is 810. The standard InChI is InChI=1S/C16H16FN3O2/c1-9(2)12-7-13(10-3-5-11(17)6-4-10)19-20-8-14(16(21)22)18-15(12)20/h3-9,16,21-22H,1-2H3. The van der Waals surface area contributed by atoms with Gasteiger partial charge in [0.2, 0.25) is 0 Å². The fraction of sp³-hybridized carbons (Fsp3) is 0.250. The van der Waals surface area contributed by atoms with Gasteiger partial charge in [0.05, 0.1) is 11.9 Å². The van der Waals surface area contributed by atoms with Gasteiger partial charge in [0.1, 0.15) is 11.5 Å². The minimum absolute atomic E-state index is 0.144. The summed E-state index contributed by atoms with van der Waals surface area (Å²) in [6, 6.07) is 7.98. The number of hydrogen-bond acceptors (Lipinski definition) is 4. The van der Waals surface area contributed by atoms with Crippen LogP contribution in [0.3, 0.4) is 0 Å². The number of aliphatic hydroxyl groups excluding tert-OH is 1. The Labute approximate surface area is 126 Å². The highest BCUT2D eigenvalue weighted by Gasteiger charge is 2.16. The molecule has 22 heavy (non-hydrogen) atoms. The third-order valence-corrected chi connectivity index (χ3v) is 3.50. The van der Waals surface area contributed by atoms with Gasteiger partial charge in [-0.15, -0.1) is 0 Å². The van der Waals surface area contributed by atoms with Crippen molar-refractivity contribution in [2.24, 2.45) is 0 Å². The summed E-state index contributed by atoms with van der Waals surface area (Å²) in [6.07, 6.45) is -0.158. The quantitative estimate of drug-likeness (QED) is 0.730. The van der Waals surface area contributed by atoms with E-state index in [4.69, 9.17) is 0 Å². The lowest BCUT2D eigenvalue weighted by Crippen LogP contribution is -2.00. The zero-order valence-electron chi connectivity index (χ0n) is 12.2. The molecule has 6 heteroatoms. The highest BCUT2D eigenvalue weighted by Crippen LogP contribution is 2.26. The molecule has 3 rings (SSSR count). The molecule has 2 N–H and O–H groups in total. The second-order valence-corrected chi connectivity index (χ2v) is 5.45. The molecule has 0 radical (unpaired) electrons. The van der Waals surface area contributed by atoms with Crippen LogP contribution in [0.5, 0.6) is 0 Å². The lowest BCUT2D eigenvalue weighted by atomic mass is 10.0. The number of halogens is 1. The van der Waals surface area contributed by atoms with E-state index in [0.717, 1.165) is 11.1 Å². The molecule has 0 fully saturated rings. The Morgan fingerprint density at radius 2 is 1.82 bits per heavy atom. The van der Waals surface area contributed by atoms with Crippen LogP contribution in [0, 0.1) is 5.82 Å². The second kappa shape index (κ2) is 5.47. The van der Waals surface area contributed by atoms with Gasteiger partial charge in [0.25, 0.3) is 0 Å². The highest BCUT2D eigenvalue weighted by molar-refractivity contribution is 5.63. The molecule has 5 nitrogen and oxygen atoms in total. The summed E-state index contributed by atoms with van der Waals surface area (Å²) < 4.78 is 14.6. The molecule has 0 aliphatic rings. The first-order chi connectivity index (χ1) is 10.5. The van der Waals surface area contributed by atoms with Crippen molar-refractivity contribution in [3.05, 3.63) is 53.6 Å². The number of hydrogen-bond donors (Lipinski definition) is 2. The molecule has 114 valence electrons. The molecule has 1 aromatic carbocycles. The van der Waals surface area contributed by atoms with Crippen molar-refractivity contribution in [2.45, 2.75) is 26.1 Å². The number of aliphatic hydroxyl groups is 2. The average molecular weight is 301 g/mol. The Balaban J connectivity index is 2.22. The van der Waals surface area contributed by atoms with E-state index in [1.54, 1.807) is 12.1 Å². The lowest BCUT2D eigenvalue weighted by molar-refractivity contribution is -0.0454. The van der Waals surface area contributed by atoms with Gasteiger partial charge < -0.3 is 10.2 Å². The summed E-state index contributed by atoms with van der Waals surface area (Å²) >= 11 is 0. The Morgan fingerprint density at radius 1 is 1.14 bits per heavy atom. The third kappa shape index (κ3) is 2.58. The molecule has 0 unspecified atom stereocenters. The van der Waals surface area contributed by atoms with Gasteiger partial charge in [-0.05, 0) is 36.2 Å². The normalized spacial score (nSPS) is 11.8. The minimum Gasteiger partial charge on any atom is -0.363 e. The fourth-order valence-electron chi connectivity index (χ4n) is 2.33. The summed E-state index contributed by atoms with van der Waals surface area (Å²) in [5.74, 6) is -0.127. The maximum absolute atomic E-state index is 13.1. The highest BCUT2D eigenvalue weighted by atomic mass is 19.1. The molecule has 0 saturated heterocycles. The summed E-state index contributed by atoms with van der Waals surface area (Å²) in [4.78, 5) is 4.22.